The van der Waals surface area contributed by atoms with Crippen molar-refractivity contribution in [2.45, 2.75) is 38.6 Å². The summed E-state index contributed by atoms with van der Waals surface area (Å²) in [5, 5.41) is 7.06. The first-order valence-electron chi connectivity index (χ1n) is 5.29. The lowest BCUT2D eigenvalue weighted by molar-refractivity contribution is 0.409. The van der Waals surface area contributed by atoms with Gasteiger partial charge < -0.3 is 10.6 Å². The van der Waals surface area contributed by atoms with E-state index in [-0.39, 0.29) is 0 Å². The smallest absolute Gasteiger partial charge is 0.0204 e. The third kappa shape index (κ3) is 1.80. The highest BCUT2D eigenvalue weighted by Crippen LogP contribution is 2.47. The van der Waals surface area contributed by atoms with Gasteiger partial charge in [-0.2, -0.15) is 0 Å². The van der Waals surface area contributed by atoms with E-state index in [1.165, 1.54) is 45.3 Å². The molecule has 1 heterocycles. The van der Waals surface area contributed by atoms with Gasteiger partial charge in [0, 0.05) is 19.1 Å². The van der Waals surface area contributed by atoms with Crippen LogP contribution in [-0.2, 0) is 0 Å². The van der Waals surface area contributed by atoms with Gasteiger partial charge in [-0.25, -0.2) is 0 Å². The fraction of sp³-hybridized carbons (Fsp3) is 1.00. The molecule has 2 rings (SSSR count). The van der Waals surface area contributed by atoms with Crippen LogP contribution >= 0.6 is 0 Å². The minimum absolute atomic E-state index is 0.711. The molecule has 2 nitrogen and oxygen atoms in total. The topological polar surface area (TPSA) is 24.1 Å². The molecule has 1 atom stereocenters. The molecule has 1 saturated carbocycles. The molecule has 2 aliphatic rings. The van der Waals surface area contributed by atoms with E-state index in [0.29, 0.717) is 5.41 Å². The molecular weight excluding hydrogens is 148 g/mol. The Bertz CT molecular complexity index is 146. The average molecular weight is 168 g/mol. The van der Waals surface area contributed by atoms with E-state index >= 15 is 0 Å². The highest BCUT2D eigenvalue weighted by molar-refractivity contribution is 4.94. The van der Waals surface area contributed by atoms with Gasteiger partial charge in [-0.15, -0.1) is 0 Å². The molecule has 2 fully saturated rings. The summed E-state index contributed by atoms with van der Waals surface area (Å²) < 4.78 is 0. The summed E-state index contributed by atoms with van der Waals surface area (Å²) in [5.74, 6) is 0. The molecule has 1 aliphatic heterocycles. The Balaban J connectivity index is 1.67. The first kappa shape index (κ1) is 8.52. The maximum Gasteiger partial charge on any atom is 0.0204 e. The molecule has 0 aromatic heterocycles. The van der Waals surface area contributed by atoms with Crippen LogP contribution in [0.3, 0.4) is 0 Å². The van der Waals surface area contributed by atoms with E-state index in [1.54, 1.807) is 0 Å². The molecule has 1 saturated heterocycles. The Morgan fingerprint density at radius 1 is 1.50 bits per heavy atom. The summed E-state index contributed by atoms with van der Waals surface area (Å²) in [6, 6.07) is 0.758. The lowest BCUT2D eigenvalue weighted by Gasteiger charge is -2.17. The molecule has 0 bridgehead atoms. The zero-order valence-electron chi connectivity index (χ0n) is 8.03. The number of hydrogen-bond acceptors (Lipinski definition) is 2. The first-order chi connectivity index (χ1) is 5.85. The van der Waals surface area contributed by atoms with E-state index in [2.05, 4.69) is 17.6 Å². The quantitative estimate of drug-likeness (QED) is 0.657. The second kappa shape index (κ2) is 3.35. The Morgan fingerprint density at radius 2 is 2.33 bits per heavy atom. The van der Waals surface area contributed by atoms with Gasteiger partial charge in [0.15, 0.2) is 0 Å². The average Bonchev–Trinajstić information content (AvgIpc) is 2.70. The van der Waals surface area contributed by atoms with Crippen LogP contribution in [-0.4, -0.2) is 25.7 Å². The van der Waals surface area contributed by atoms with Gasteiger partial charge in [0.25, 0.3) is 0 Å². The molecule has 2 N–H and O–H groups in total. The zero-order valence-corrected chi connectivity index (χ0v) is 8.03. The fourth-order valence-electron chi connectivity index (χ4n) is 2.02. The molecule has 1 unspecified atom stereocenters. The van der Waals surface area contributed by atoms with Crippen LogP contribution in [0.1, 0.15) is 32.6 Å². The van der Waals surface area contributed by atoms with Crippen molar-refractivity contribution in [1.82, 2.24) is 10.6 Å². The van der Waals surface area contributed by atoms with Crippen molar-refractivity contribution < 1.29 is 0 Å². The lowest BCUT2D eigenvalue weighted by Crippen LogP contribution is -2.35. The van der Waals surface area contributed by atoms with Gasteiger partial charge in [-0.05, 0) is 37.6 Å². The first-order valence-corrected chi connectivity index (χ1v) is 5.29. The van der Waals surface area contributed by atoms with E-state index in [9.17, 15) is 0 Å². The van der Waals surface area contributed by atoms with Gasteiger partial charge >= 0.3 is 0 Å². The van der Waals surface area contributed by atoms with Crippen molar-refractivity contribution in [2.24, 2.45) is 5.41 Å². The predicted molar refractivity (Wildman–Crippen MR) is 51.2 cm³/mol. The minimum atomic E-state index is 0.711. The van der Waals surface area contributed by atoms with Crippen LogP contribution in [0, 0.1) is 5.41 Å². The van der Waals surface area contributed by atoms with Gasteiger partial charge in [0.2, 0.25) is 0 Å². The SMILES string of the molecule is CCC1(CNC2CCNC2)CC1. The summed E-state index contributed by atoms with van der Waals surface area (Å²) in [5.41, 5.74) is 0.711. The highest BCUT2D eigenvalue weighted by Gasteiger charge is 2.40. The lowest BCUT2D eigenvalue weighted by atomic mass is 10.0. The van der Waals surface area contributed by atoms with Crippen LogP contribution in [0.2, 0.25) is 0 Å². The molecule has 2 heteroatoms. The van der Waals surface area contributed by atoms with Gasteiger partial charge in [-0.1, -0.05) is 6.92 Å². The third-order valence-corrected chi connectivity index (χ3v) is 3.53. The summed E-state index contributed by atoms with van der Waals surface area (Å²) in [7, 11) is 0. The van der Waals surface area contributed by atoms with Crippen LogP contribution in [0.4, 0.5) is 0 Å². The van der Waals surface area contributed by atoms with E-state index < -0.39 is 0 Å². The molecule has 1 aliphatic carbocycles. The largest absolute Gasteiger partial charge is 0.315 e. The number of nitrogens with one attached hydrogen (secondary N) is 2. The summed E-state index contributed by atoms with van der Waals surface area (Å²) in [6.45, 7) is 5.97. The predicted octanol–water partition coefficient (Wildman–Crippen LogP) is 1.13. The summed E-state index contributed by atoms with van der Waals surface area (Å²) in [6.07, 6.45) is 5.59. The molecule has 0 aromatic rings. The maximum atomic E-state index is 3.67. The molecule has 0 radical (unpaired) electrons. The maximum absolute atomic E-state index is 3.67. The van der Waals surface area contributed by atoms with Crippen molar-refractivity contribution in [2.75, 3.05) is 19.6 Å². The standard InChI is InChI=1S/C10H20N2/c1-2-10(4-5-10)8-12-9-3-6-11-7-9/h9,11-12H,2-8H2,1H3. The van der Waals surface area contributed by atoms with Gasteiger partial charge in [0.1, 0.15) is 0 Å². The normalized spacial score (nSPS) is 32.2. The van der Waals surface area contributed by atoms with Gasteiger partial charge in [-0.3, -0.25) is 0 Å². The molecule has 0 amide bonds. The Kier molecular flexibility index (Phi) is 2.37. The van der Waals surface area contributed by atoms with Crippen LogP contribution in [0.15, 0.2) is 0 Å². The Morgan fingerprint density at radius 3 is 2.83 bits per heavy atom. The van der Waals surface area contributed by atoms with Crippen molar-refractivity contribution in [3.05, 3.63) is 0 Å². The van der Waals surface area contributed by atoms with Crippen LogP contribution in [0.25, 0.3) is 0 Å². The molecular formula is C10H20N2. The molecule has 0 spiro atoms. The molecule has 0 aromatic carbocycles. The van der Waals surface area contributed by atoms with E-state index in [1.807, 2.05) is 0 Å². The van der Waals surface area contributed by atoms with E-state index in [0.717, 1.165) is 6.04 Å². The Labute approximate surface area is 75.1 Å². The summed E-state index contributed by atoms with van der Waals surface area (Å²) in [4.78, 5) is 0. The highest BCUT2D eigenvalue weighted by atomic mass is 15.0. The summed E-state index contributed by atoms with van der Waals surface area (Å²) >= 11 is 0. The molecule has 12 heavy (non-hydrogen) atoms. The fourth-order valence-corrected chi connectivity index (χ4v) is 2.02. The zero-order chi connectivity index (χ0) is 8.44. The van der Waals surface area contributed by atoms with Crippen molar-refractivity contribution in [3.63, 3.8) is 0 Å². The third-order valence-electron chi connectivity index (χ3n) is 3.53. The monoisotopic (exact) mass is 168 g/mol. The number of rotatable bonds is 4. The number of hydrogen-bond donors (Lipinski definition) is 2. The molecule has 70 valence electrons. The Hall–Kier alpha value is -0.0800. The van der Waals surface area contributed by atoms with E-state index in [4.69, 9.17) is 0 Å². The van der Waals surface area contributed by atoms with Gasteiger partial charge in [0.05, 0.1) is 0 Å². The van der Waals surface area contributed by atoms with Crippen LogP contribution < -0.4 is 10.6 Å². The minimum Gasteiger partial charge on any atom is -0.315 e. The second-order valence-corrected chi connectivity index (χ2v) is 4.42. The second-order valence-electron chi connectivity index (χ2n) is 4.42. The van der Waals surface area contributed by atoms with Crippen molar-refractivity contribution >= 4 is 0 Å². The van der Waals surface area contributed by atoms with Crippen molar-refractivity contribution in [1.29, 1.82) is 0 Å². The van der Waals surface area contributed by atoms with Crippen molar-refractivity contribution in [3.8, 4) is 0 Å². The van der Waals surface area contributed by atoms with Crippen LogP contribution in [0.5, 0.6) is 0 Å².